The fourth-order valence-electron chi connectivity index (χ4n) is 4.36. The van der Waals surface area contributed by atoms with Crippen molar-refractivity contribution in [2.45, 2.75) is 69.8 Å². The number of aliphatic hydroxyl groups is 1. The summed E-state index contributed by atoms with van der Waals surface area (Å²) in [6.07, 6.45) is 1.38. The zero-order chi connectivity index (χ0) is 25.5. The van der Waals surface area contributed by atoms with Crippen molar-refractivity contribution in [1.29, 1.82) is 0 Å². The van der Waals surface area contributed by atoms with Gasteiger partial charge in [0.15, 0.2) is 5.13 Å². The van der Waals surface area contributed by atoms with E-state index in [1.807, 2.05) is 26.0 Å². The number of nitrogens with two attached hydrogens (primary N) is 1. The summed E-state index contributed by atoms with van der Waals surface area (Å²) in [6, 6.07) is 10.3. The molecule has 0 fully saturated rings. The lowest BCUT2D eigenvalue weighted by molar-refractivity contribution is -0.164. The lowest BCUT2D eigenvalue weighted by Crippen LogP contribution is -2.44. The lowest BCUT2D eigenvalue weighted by atomic mass is 9.80. The summed E-state index contributed by atoms with van der Waals surface area (Å²) < 4.78 is 20.3. The molecule has 2 heterocycles. The highest BCUT2D eigenvalue weighted by atomic mass is 32.2. The molecule has 4 rings (SSSR count). The molecule has 0 bridgehead atoms. The quantitative estimate of drug-likeness (QED) is 0.340. The number of cyclic esters (lactones) is 1. The minimum atomic E-state index is -0.831. The van der Waals surface area contributed by atoms with E-state index in [2.05, 4.69) is 25.8 Å². The second kappa shape index (κ2) is 9.47. The van der Waals surface area contributed by atoms with Crippen molar-refractivity contribution in [1.82, 2.24) is 4.98 Å². The summed E-state index contributed by atoms with van der Waals surface area (Å²) in [5.41, 5.74) is 7.68. The van der Waals surface area contributed by atoms with E-state index < -0.39 is 11.6 Å². The first-order valence-electron chi connectivity index (χ1n) is 11.7. The zero-order valence-corrected chi connectivity index (χ0v) is 22.3. The molecule has 186 valence electrons. The van der Waals surface area contributed by atoms with Crippen molar-refractivity contribution in [3.05, 3.63) is 64.0 Å². The van der Waals surface area contributed by atoms with E-state index in [4.69, 9.17) is 10.5 Å². The Bertz CT molecular complexity index is 1290. The average molecular weight is 515 g/mol. The number of fused-ring (bicyclic) bond motifs is 1. The van der Waals surface area contributed by atoms with E-state index in [0.717, 1.165) is 26.2 Å². The topological polar surface area (TPSA) is 85.4 Å². The molecule has 1 atom stereocenters. The van der Waals surface area contributed by atoms with Gasteiger partial charge in [0.2, 0.25) is 0 Å². The number of hydrogen-bond donors (Lipinski definition) is 2. The van der Waals surface area contributed by atoms with E-state index in [9.17, 15) is 14.3 Å². The first kappa shape index (κ1) is 25.5. The van der Waals surface area contributed by atoms with E-state index in [-0.39, 0.29) is 34.2 Å². The molecule has 8 heteroatoms. The van der Waals surface area contributed by atoms with Crippen molar-refractivity contribution >= 4 is 44.4 Å². The van der Waals surface area contributed by atoms with Gasteiger partial charge in [-0.15, -0.1) is 0 Å². The van der Waals surface area contributed by atoms with Crippen LogP contribution in [0.5, 0.6) is 0 Å². The zero-order valence-electron chi connectivity index (χ0n) is 20.6. The molecule has 1 aliphatic heterocycles. The number of aryl methyl sites for hydroxylation is 1. The number of aromatic nitrogens is 1. The van der Waals surface area contributed by atoms with Gasteiger partial charge < -0.3 is 15.6 Å². The summed E-state index contributed by atoms with van der Waals surface area (Å²) in [5, 5.41) is 11.6. The van der Waals surface area contributed by atoms with Crippen LogP contribution in [0.1, 0.15) is 58.6 Å². The molecule has 35 heavy (non-hydrogen) atoms. The minimum Gasteiger partial charge on any atom is -0.511 e. The number of thioether (sulfide) groups is 1. The molecule has 0 radical (unpaired) electrons. The van der Waals surface area contributed by atoms with Crippen LogP contribution in [0.3, 0.4) is 0 Å². The van der Waals surface area contributed by atoms with Gasteiger partial charge in [-0.25, -0.2) is 14.2 Å². The molecule has 3 aromatic rings. The standard InChI is InChI=1S/C27H31FN2O3S2/c1-15(2)27(11-10-16-6-8-17(28)9-7-16)14-20(31)23(24(32)33-27)34-21-13-22-19(30-25(29)35-22)12-18(21)26(3,4)5/h6-9,12-13,15,31H,10-11,14H2,1-5H3,(H2,29,30)/t27-/m0/s1. The summed E-state index contributed by atoms with van der Waals surface area (Å²) in [6.45, 7) is 10.3. The van der Waals surface area contributed by atoms with Crippen molar-refractivity contribution in [2.75, 3.05) is 5.73 Å². The number of ether oxygens (including phenoxy) is 1. The number of benzene rings is 2. The number of anilines is 1. The van der Waals surface area contributed by atoms with Crippen LogP contribution in [0, 0.1) is 11.7 Å². The molecule has 5 nitrogen and oxygen atoms in total. The van der Waals surface area contributed by atoms with E-state index in [0.29, 0.717) is 18.0 Å². The SMILES string of the molecule is CC(C)[C@]1(CCc2ccc(F)cc2)CC(O)=C(Sc2cc3sc(N)nc3cc2C(C)(C)C)C(=O)O1. The van der Waals surface area contributed by atoms with Crippen LogP contribution in [0.25, 0.3) is 10.2 Å². The number of thiazole rings is 1. The van der Waals surface area contributed by atoms with Crippen LogP contribution in [-0.2, 0) is 21.4 Å². The third-order valence-corrected chi connectivity index (χ3v) is 8.55. The predicted octanol–water partition coefficient (Wildman–Crippen LogP) is 7.15. The molecule has 0 saturated carbocycles. The highest BCUT2D eigenvalue weighted by molar-refractivity contribution is 8.04. The lowest BCUT2D eigenvalue weighted by Gasteiger charge is -2.40. The second-order valence-corrected chi connectivity index (χ2v) is 12.5. The van der Waals surface area contributed by atoms with Crippen LogP contribution in [0.4, 0.5) is 9.52 Å². The molecule has 1 aromatic heterocycles. The third kappa shape index (κ3) is 5.33. The van der Waals surface area contributed by atoms with Crippen molar-refractivity contribution in [3.8, 4) is 0 Å². The maximum absolute atomic E-state index is 13.3. The van der Waals surface area contributed by atoms with E-state index in [1.54, 1.807) is 12.1 Å². The minimum absolute atomic E-state index is 0.0118. The summed E-state index contributed by atoms with van der Waals surface area (Å²) >= 11 is 2.63. The maximum atomic E-state index is 13.3. The molecule has 0 saturated heterocycles. The molecule has 2 aromatic carbocycles. The number of carbonyl (C=O) groups excluding carboxylic acids is 1. The van der Waals surface area contributed by atoms with Crippen molar-refractivity contribution < 1.29 is 19.0 Å². The number of nitrogens with zero attached hydrogens (tertiary/aromatic N) is 1. The predicted molar refractivity (Wildman–Crippen MR) is 141 cm³/mol. The van der Waals surface area contributed by atoms with Crippen LogP contribution in [-0.4, -0.2) is 21.7 Å². The van der Waals surface area contributed by atoms with Gasteiger partial charge in [0.25, 0.3) is 0 Å². The van der Waals surface area contributed by atoms with Crippen LogP contribution >= 0.6 is 23.1 Å². The van der Waals surface area contributed by atoms with Gasteiger partial charge in [0, 0.05) is 11.3 Å². The van der Waals surface area contributed by atoms with Crippen LogP contribution < -0.4 is 5.73 Å². The van der Waals surface area contributed by atoms with E-state index >= 15 is 0 Å². The molecule has 3 N–H and O–H groups in total. The number of halogens is 1. The smallest absolute Gasteiger partial charge is 0.349 e. The molecule has 0 unspecified atom stereocenters. The maximum Gasteiger partial charge on any atom is 0.349 e. The Balaban J connectivity index is 1.65. The Morgan fingerprint density at radius 3 is 2.54 bits per heavy atom. The Kier molecular flexibility index (Phi) is 6.90. The summed E-state index contributed by atoms with van der Waals surface area (Å²) in [7, 11) is 0. The highest BCUT2D eigenvalue weighted by Crippen LogP contribution is 2.46. The number of esters is 1. The molecule has 0 aliphatic carbocycles. The summed E-state index contributed by atoms with van der Waals surface area (Å²) in [4.78, 5) is 18.8. The molecular weight excluding hydrogens is 483 g/mol. The summed E-state index contributed by atoms with van der Waals surface area (Å²) in [5.74, 6) is -0.770. The van der Waals surface area contributed by atoms with Gasteiger partial charge in [0.05, 0.1) is 10.2 Å². The number of nitrogen functional groups attached to an aromatic ring is 1. The van der Waals surface area contributed by atoms with Gasteiger partial charge in [-0.3, -0.25) is 0 Å². The second-order valence-electron chi connectivity index (χ2n) is 10.4. The van der Waals surface area contributed by atoms with E-state index in [1.165, 1.54) is 35.2 Å². The molecular formula is C27H31FN2O3S2. The highest BCUT2D eigenvalue weighted by Gasteiger charge is 2.44. The Morgan fingerprint density at radius 1 is 1.26 bits per heavy atom. The monoisotopic (exact) mass is 514 g/mol. The number of aliphatic hydroxyl groups excluding tert-OH is 1. The average Bonchev–Trinajstić information content (AvgIpc) is 3.13. The number of hydrogen-bond acceptors (Lipinski definition) is 7. The Hall–Kier alpha value is -2.58. The van der Waals surface area contributed by atoms with Gasteiger partial charge in [-0.05, 0) is 59.6 Å². The van der Waals surface area contributed by atoms with Crippen molar-refractivity contribution in [3.63, 3.8) is 0 Å². The van der Waals surface area contributed by atoms with Gasteiger partial charge >= 0.3 is 5.97 Å². The number of carbonyl (C=O) groups is 1. The molecule has 0 amide bonds. The van der Waals surface area contributed by atoms with Crippen LogP contribution in [0.2, 0.25) is 0 Å². The Morgan fingerprint density at radius 2 is 1.94 bits per heavy atom. The Labute approximate surface area is 213 Å². The number of rotatable bonds is 6. The van der Waals surface area contributed by atoms with Gasteiger partial charge in [-0.1, -0.05) is 69.9 Å². The fraction of sp³-hybridized carbons (Fsp3) is 0.407. The van der Waals surface area contributed by atoms with Crippen molar-refractivity contribution in [2.24, 2.45) is 5.92 Å². The largest absolute Gasteiger partial charge is 0.511 e. The first-order valence-corrected chi connectivity index (χ1v) is 13.3. The van der Waals surface area contributed by atoms with Gasteiger partial charge in [0.1, 0.15) is 22.1 Å². The first-order chi connectivity index (χ1) is 16.4. The molecule has 0 spiro atoms. The van der Waals surface area contributed by atoms with Gasteiger partial charge in [-0.2, -0.15) is 0 Å². The van der Waals surface area contributed by atoms with Crippen LogP contribution in [0.15, 0.2) is 52.0 Å². The molecule has 1 aliphatic rings. The fourth-order valence-corrected chi connectivity index (χ4v) is 6.38. The normalized spacial score (nSPS) is 19.0. The third-order valence-electron chi connectivity index (χ3n) is 6.54.